The van der Waals surface area contributed by atoms with Gasteiger partial charge in [-0.1, -0.05) is 0 Å². The van der Waals surface area contributed by atoms with Gasteiger partial charge in [-0.3, -0.25) is 4.90 Å². The molecule has 1 aliphatic heterocycles. The molecular formula is C16H29N3O. The molecule has 4 heteroatoms. The van der Waals surface area contributed by atoms with Crippen LogP contribution in [0.2, 0.25) is 0 Å². The standard InChI is InChI=1S/C16H29N3O/c1-13-9-15(20-16(13)10-17-2)12-19(4)11-14-5-7-18(3)8-6-14/h9,14,17H,5-8,10-12H2,1-4H3. The highest BCUT2D eigenvalue weighted by atomic mass is 16.3. The van der Waals surface area contributed by atoms with E-state index in [1.54, 1.807) is 0 Å². The minimum Gasteiger partial charge on any atom is -0.463 e. The first-order chi connectivity index (χ1) is 9.58. The van der Waals surface area contributed by atoms with E-state index in [9.17, 15) is 0 Å². The van der Waals surface area contributed by atoms with Gasteiger partial charge in [0.05, 0.1) is 13.1 Å². The molecule has 0 aliphatic carbocycles. The summed E-state index contributed by atoms with van der Waals surface area (Å²) in [5, 5.41) is 3.15. The van der Waals surface area contributed by atoms with Crippen LogP contribution in [-0.2, 0) is 13.1 Å². The molecule has 1 fully saturated rings. The van der Waals surface area contributed by atoms with Crippen molar-refractivity contribution in [3.8, 4) is 0 Å². The van der Waals surface area contributed by atoms with Gasteiger partial charge in [0.25, 0.3) is 0 Å². The predicted octanol–water partition coefficient (Wildman–Crippen LogP) is 2.08. The fourth-order valence-electron chi connectivity index (χ4n) is 3.02. The molecule has 1 N–H and O–H groups in total. The number of aryl methyl sites for hydroxylation is 1. The summed E-state index contributed by atoms with van der Waals surface area (Å²) in [7, 11) is 6.37. The molecule has 0 radical (unpaired) electrons. The van der Waals surface area contributed by atoms with E-state index in [-0.39, 0.29) is 0 Å². The Morgan fingerprint density at radius 1 is 1.40 bits per heavy atom. The average molecular weight is 279 g/mol. The molecule has 0 bridgehead atoms. The van der Waals surface area contributed by atoms with Crippen molar-refractivity contribution in [1.29, 1.82) is 0 Å². The number of nitrogens with one attached hydrogen (secondary N) is 1. The Balaban J connectivity index is 1.81. The fraction of sp³-hybridized carbons (Fsp3) is 0.750. The highest BCUT2D eigenvalue weighted by molar-refractivity contribution is 5.19. The zero-order valence-corrected chi connectivity index (χ0v) is 13.4. The van der Waals surface area contributed by atoms with E-state index in [0.29, 0.717) is 0 Å². The number of nitrogens with zero attached hydrogens (tertiary/aromatic N) is 2. The van der Waals surface area contributed by atoms with E-state index >= 15 is 0 Å². The molecule has 114 valence electrons. The van der Waals surface area contributed by atoms with Crippen molar-refractivity contribution in [2.45, 2.75) is 32.9 Å². The van der Waals surface area contributed by atoms with Crippen molar-refractivity contribution in [3.05, 3.63) is 23.2 Å². The van der Waals surface area contributed by atoms with Gasteiger partial charge in [-0.2, -0.15) is 0 Å². The molecule has 0 spiro atoms. The maximum Gasteiger partial charge on any atom is 0.120 e. The van der Waals surface area contributed by atoms with Crippen molar-refractivity contribution in [3.63, 3.8) is 0 Å². The number of likely N-dealkylation sites (tertiary alicyclic amines) is 1. The van der Waals surface area contributed by atoms with Gasteiger partial charge in [-0.05, 0) is 71.5 Å². The third-order valence-electron chi connectivity index (χ3n) is 4.24. The predicted molar refractivity (Wildman–Crippen MR) is 82.8 cm³/mol. The van der Waals surface area contributed by atoms with Gasteiger partial charge in [0.2, 0.25) is 0 Å². The quantitative estimate of drug-likeness (QED) is 0.864. The van der Waals surface area contributed by atoms with Crippen molar-refractivity contribution in [2.75, 3.05) is 40.8 Å². The lowest BCUT2D eigenvalue weighted by Crippen LogP contribution is -2.35. The van der Waals surface area contributed by atoms with Gasteiger partial charge in [0.15, 0.2) is 0 Å². The molecule has 0 saturated carbocycles. The van der Waals surface area contributed by atoms with Crippen LogP contribution in [0.4, 0.5) is 0 Å². The van der Waals surface area contributed by atoms with E-state index in [0.717, 1.165) is 30.5 Å². The maximum atomic E-state index is 5.92. The largest absolute Gasteiger partial charge is 0.463 e. The van der Waals surface area contributed by atoms with E-state index in [4.69, 9.17) is 4.42 Å². The van der Waals surface area contributed by atoms with Gasteiger partial charge in [-0.15, -0.1) is 0 Å². The molecule has 0 unspecified atom stereocenters. The average Bonchev–Trinajstić information content (AvgIpc) is 2.73. The van der Waals surface area contributed by atoms with E-state index < -0.39 is 0 Å². The molecule has 0 aromatic carbocycles. The second-order valence-electron chi connectivity index (χ2n) is 6.29. The Labute approximate surface area is 123 Å². The second-order valence-corrected chi connectivity index (χ2v) is 6.29. The summed E-state index contributed by atoms with van der Waals surface area (Å²) < 4.78 is 5.92. The zero-order valence-electron chi connectivity index (χ0n) is 13.4. The van der Waals surface area contributed by atoms with E-state index in [1.807, 2.05) is 7.05 Å². The minimum absolute atomic E-state index is 0.810. The number of hydrogen-bond donors (Lipinski definition) is 1. The number of rotatable bonds is 6. The Kier molecular flexibility index (Phi) is 5.64. The summed E-state index contributed by atoms with van der Waals surface area (Å²) in [6.07, 6.45) is 2.64. The molecule has 1 aromatic heterocycles. The van der Waals surface area contributed by atoms with E-state index in [2.05, 4.69) is 42.2 Å². The van der Waals surface area contributed by atoms with Gasteiger partial charge < -0.3 is 14.6 Å². The third kappa shape index (κ3) is 4.33. The van der Waals surface area contributed by atoms with Crippen LogP contribution >= 0.6 is 0 Å². The van der Waals surface area contributed by atoms with Crippen molar-refractivity contribution in [2.24, 2.45) is 5.92 Å². The van der Waals surface area contributed by atoms with Gasteiger partial charge >= 0.3 is 0 Å². The highest BCUT2D eigenvalue weighted by Gasteiger charge is 2.18. The summed E-state index contributed by atoms with van der Waals surface area (Å²) in [4.78, 5) is 4.83. The van der Waals surface area contributed by atoms with Crippen molar-refractivity contribution >= 4 is 0 Å². The molecule has 2 rings (SSSR count). The Hall–Kier alpha value is -0.840. The molecule has 4 nitrogen and oxygen atoms in total. The normalized spacial score (nSPS) is 18.1. The molecule has 0 atom stereocenters. The first kappa shape index (κ1) is 15.5. The van der Waals surface area contributed by atoms with Crippen LogP contribution in [0.3, 0.4) is 0 Å². The van der Waals surface area contributed by atoms with Crippen LogP contribution in [0.15, 0.2) is 10.5 Å². The monoisotopic (exact) mass is 279 g/mol. The van der Waals surface area contributed by atoms with Crippen molar-refractivity contribution in [1.82, 2.24) is 15.1 Å². The summed E-state index contributed by atoms with van der Waals surface area (Å²) in [6, 6.07) is 2.18. The van der Waals surface area contributed by atoms with Gasteiger partial charge in [0.1, 0.15) is 11.5 Å². The molecule has 1 aliphatic rings. The SMILES string of the molecule is CNCc1oc(CN(C)CC2CCN(C)CC2)cc1C. The van der Waals surface area contributed by atoms with Crippen LogP contribution in [0, 0.1) is 12.8 Å². The summed E-state index contributed by atoms with van der Waals surface area (Å²) in [6.45, 7) is 7.50. The molecule has 2 heterocycles. The smallest absolute Gasteiger partial charge is 0.120 e. The molecular weight excluding hydrogens is 250 g/mol. The molecule has 1 aromatic rings. The molecule has 20 heavy (non-hydrogen) atoms. The Morgan fingerprint density at radius 3 is 2.75 bits per heavy atom. The van der Waals surface area contributed by atoms with E-state index in [1.165, 1.54) is 38.0 Å². The topological polar surface area (TPSA) is 31.7 Å². The first-order valence-corrected chi connectivity index (χ1v) is 7.68. The zero-order chi connectivity index (χ0) is 14.5. The van der Waals surface area contributed by atoms with Crippen LogP contribution in [0.25, 0.3) is 0 Å². The van der Waals surface area contributed by atoms with Crippen molar-refractivity contribution < 1.29 is 4.42 Å². The van der Waals surface area contributed by atoms with Crippen LogP contribution in [0.1, 0.15) is 29.9 Å². The fourth-order valence-corrected chi connectivity index (χ4v) is 3.02. The highest BCUT2D eigenvalue weighted by Crippen LogP contribution is 2.19. The third-order valence-corrected chi connectivity index (χ3v) is 4.24. The number of piperidine rings is 1. The summed E-state index contributed by atoms with van der Waals surface area (Å²) in [5.74, 6) is 2.99. The lowest BCUT2D eigenvalue weighted by Gasteiger charge is -2.31. The molecule has 1 saturated heterocycles. The Bertz CT molecular complexity index is 408. The lowest BCUT2D eigenvalue weighted by atomic mass is 9.97. The molecule has 0 amide bonds. The minimum atomic E-state index is 0.810. The van der Waals surface area contributed by atoms with Gasteiger partial charge in [0, 0.05) is 6.54 Å². The summed E-state index contributed by atoms with van der Waals surface area (Å²) in [5.41, 5.74) is 1.25. The summed E-state index contributed by atoms with van der Waals surface area (Å²) >= 11 is 0. The second kappa shape index (κ2) is 7.25. The maximum absolute atomic E-state index is 5.92. The van der Waals surface area contributed by atoms with Crippen LogP contribution in [0.5, 0.6) is 0 Å². The lowest BCUT2D eigenvalue weighted by molar-refractivity contribution is 0.168. The Morgan fingerprint density at radius 2 is 2.10 bits per heavy atom. The number of hydrogen-bond acceptors (Lipinski definition) is 4. The van der Waals surface area contributed by atoms with Crippen LogP contribution < -0.4 is 5.32 Å². The van der Waals surface area contributed by atoms with Crippen LogP contribution in [-0.4, -0.2) is 50.6 Å². The van der Waals surface area contributed by atoms with Gasteiger partial charge in [-0.25, -0.2) is 0 Å². The number of furan rings is 1. The first-order valence-electron chi connectivity index (χ1n) is 7.68.